The summed E-state index contributed by atoms with van der Waals surface area (Å²) in [5.41, 5.74) is 3.11. The number of pyridine rings is 1. The highest BCUT2D eigenvalue weighted by Crippen LogP contribution is 2.11. The zero-order valence-corrected chi connectivity index (χ0v) is 9.77. The second-order valence-electron chi connectivity index (χ2n) is 3.64. The Balaban J connectivity index is 2.00. The van der Waals surface area contributed by atoms with E-state index in [1.54, 1.807) is 12.1 Å². The normalized spacial score (nSPS) is 14.5. The van der Waals surface area contributed by atoms with E-state index in [9.17, 15) is 9.59 Å². The number of hydrogen-bond donors (Lipinski definition) is 2. The van der Waals surface area contributed by atoms with Crippen molar-refractivity contribution in [1.82, 2.24) is 10.4 Å². The maximum absolute atomic E-state index is 11.8. The molecule has 0 bridgehead atoms. The minimum Gasteiger partial charge on any atom is -0.481 e. The molecule has 0 aliphatic carbocycles. The van der Waals surface area contributed by atoms with Crippen molar-refractivity contribution in [3.63, 3.8) is 0 Å². The largest absolute Gasteiger partial charge is 0.481 e. The van der Waals surface area contributed by atoms with Gasteiger partial charge in [0.1, 0.15) is 5.71 Å². The van der Waals surface area contributed by atoms with Gasteiger partial charge in [0.2, 0.25) is 11.8 Å². The van der Waals surface area contributed by atoms with Crippen LogP contribution in [0.4, 0.5) is 5.69 Å². The van der Waals surface area contributed by atoms with Gasteiger partial charge in [0, 0.05) is 18.9 Å². The highest BCUT2D eigenvalue weighted by Gasteiger charge is 2.18. The fraction of sp³-hybridized carbons (Fsp3) is 0.273. The summed E-state index contributed by atoms with van der Waals surface area (Å²) in [5.74, 6) is -0.0603. The van der Waals surface area contributed by atoms with E-state index in [0.717, 1.165) is 0 Å². The van der Waals surface area contributed by atoms with E-state index in [4.69, 9.17) is 4.74 Å². The number of anilines is 1. The van der Waals surface area contributed by atoms with Crippen LogP contribution in [-0.4, -0.2) is 29.6 Å². The lowest BCUT2D eigenvalue weighted by atomic mass is 10.1. The van der Waals surface area contributed by atoms with Crippen LogP contribution >= 0.6 is 0 Å². The van der Waals surface area contributed by atoms with E-state index in [1.165, 1.54) is 13.3 Å². The topological polar surface area (TPSA) is 92.7 Å². The van der Waals surface area contributed by atoms with E-state index in [-0.39, 0.29) is 18.2 Å². The second kappa shape index (κ2) is 5.26. The summed E-state index contributed by atoms with van der Waals surface area (Å²) in [6.07, 6.45) is 2.09. The number of carbonyl (C=O) groups is 2. The molecule has 0 spiro atoms. The summed E-state index contributed by atoms with van der Waals surface area (Å²) in [6.45, 7) is 0. The number of nitrogens with one attached hydrogen (secondary N) is 2. The van der Waals surface area contributed by atoms with Gasteiger partial charge in [-0.2, -0.15) is 5.10 Å². The minimum atomic E-state index is -0.345. The molecule has 0 fully saturated rings. The standard InChI is InChI=1S/C11H12N4O3/c1-18-10-5-2-7(6-12-10)13-11(17)8-3-4-9(16)15-14-8/h2,5-6H,3-4H2,1H3,(H,13,17)(H,15,16). The van der Waals surface area contributed by atoms with E-state index in [2.05, 4.69) is 20.8 Å². The Morgan fingerprint density at radius 2 is 2.28 bits per heavy atom. The highest BCUT2D eigenvalue weighted by atomic mass is 16.5. The van der Waals surface area contributed by atoms with Crippen LogP contribution in [0.1, 0.15) is 12.8 Å². The molecule has 1 aromatic heterocycles. The maximum Gasteiger partial charge on any atom is 0.271 e. The van der Waals surface area contributed by atoms with E-state index < -0.39 is 0 Å². The third-order valence-corrected chi connectivity index (χ3v) is 2.37. The molecule has 0 saturated carbocycles. The summed E-state index contributed by atoms with van der Waals surface area (Å²) in [6, 6.07) is 3.31. The molecule has 0 aromatic carbocycles. The second-order valence-corrected chi connectivity index (χ2v) is 3.64. The predicted octanol–water partition coefficient (Wildman–Crippen LogP) is 0.295. The molecule has 2 heterocycles. The van der Waals surface area contributed by atoms with Gasteiger partial charge < -0.3 is 10.1 Å². The zero-order chi connectivity index (χ0) is 13.0. The number of rotatable bonds is 3. The van der Waals surface area contributed by atoms with Crippen LogP contribution < -0.4 is 15.5 Å². The van der Waals surface area contributed by atoms with Crippen molar-refractivity contribution < 1.29 is 14.3 Å². The molecule has 7 nitrogen and oxygen atoms in total. The number of amides is 2. The fourth-order valence-corrected chi connectivity index (χ4v) is 1.42. The van der Waals surface area contributed by atoms with E-state index in [1.807, 2.05) is 0 Å². The van der Waals surface area contributed by atoms with Gasteiger partial charge in [0.15, 0.2) is 0 Å². The average molecular weight is 248 g/mol. The van der Waals surface area contributed by atoms with Gasteiger partial charge in [0.25, 0.3) is 5.91 Å². The van der Waals surface area contributed by atoms with Gasteiger partial charge in [0.05, 0.1) is 19.0 Å². The lowest BCUT2D eigenvalue weighted by molar-refractivity contribution is -0.121. The molecule has 2 amide bonds. The van der Waals surface area contributed by atoms with Crippen LogP contribution in [0.2, 0.25) is 0 Å². The predicted molar refractivity (Wildman–Crippen MR) is 64.2 cm³/mol. The Morgan fingerprint density at radius 1 is 1.44 bits per heavy atom. The molecule has 1 aliphatic heterocycles. The number of aromatic nitrogens is 1. The van der Waals surface area contributed by atoms with Gasteiger partial charge in [-0.05, 0) is 6.07 Å². The molecule has 0 atom stereocenters. The molecule has 7 heteroatoms. The molecule has 0 radical (unpaired) electrons. The molecular weight excluding hydrogens is 236 g/mol. The lowest BCUT2D eigenvalue weighted by Crippen LogP contribution is -2.32. The summed E-state index contributed by atoms with van der Waals surface area (Å²) in [4.78, 5) is 26.6. The monoisotopic (exact) mass is 248 g/mol. The van der Waals surface area contributed by atoms with Crippen LogP contribution in [0.3, 0.4) is 0 Å². The van der Waals surface area contributed by atoms with Crippen LogP contribution in [0.25, 0.3) is 0 Å². The van der Waals surface area contributed by atoms with Gasteiger partial charge in [-0.1, -0.05) is 0 Å². The van der Waals surface area contributed by atoms with Crippen molar-refractivity contribution in [2.75, 3.05) is 12.4 Å². The summed E-state index contributed by atoms with van der Waals surface area (Å²) >= 11 is 0. The summed E-state index contributed by atoms with van der Waals surface area (Å²) in [5, 5.41) is 6.34. The van der Waals surface area contributed by atoms with Crippen molar-refractivity contribution in [3.8, 4) is 5.88 Å². The molecule has 18 heavy (non-hydrogen) atoms. The third kappa shape index (κ3) is 2.82. The third-order valence-electron chi connectivity index (χ3n) is 2.37. The number of ether oxygens (including phenoxy) is 1. The smallest absolute Gasteiger partial charge is 0.271 e. The van der Waals surface area contributed by atoms with Crippen molar-refractivity contribution in [2.45, 2.75) is 12.8 Å². The number of nitrogens with zero attached hydrogens (tertiary/aromatic N) is 2. The number of hydrogen-bond acceptors (Lipinski definition) is 5. The Labute approximate surface area is 103 Å². The SMILES string of the molecule is COc1ccc(NC(=O)C2=NNC(=O)CC2)cn1. The first kappa shape index (κ1) is 12.0. The van der Waals surface area contributed by atoms with Crippen LogP contribution in [0.15, 0.2) is 23.4 Å². The molecular formula is C11H12N4O3. The van der Waals surface area contributed by atoms with Crippen molar-refractivity contribution in [1.29, 1.82) is 0 Å². The molecule has 2 rings (SSSR count). The quantitative estimate of drug-likeness (QED) is 0.804. The molecule has 94 valence electrons. The molecule has 0 unspecified atom stereocenters. The van der Waals surface area contributed by atoms with E-state index >= 15 is 0 Å². The van der Waals surface area contributed by atoms with Crippen molar-refractivity contribution in [3.05, 3.63) is 18.3 Å². The first-order chi connectivity index (χ1) is 8.69. The molecule has 1 aromatic rings. The molecule has 1 aliphatic rings. The highest BCUT2D eigenvalue weighted by molar-refractivity contribution is 6.43. The van der Waals surface area contributed by atoms with Crippen molar-refractivity contribution in [2.24, 2.45) is 5.10 Å². The average Bonchev–Trinajstić information content (AvgIpc) is 2.40. The van der Waals surface area contributed by atoms with Gasteiger partial charge in [-0.15, -0.1) is 0 Å². The van der Waals surface area contributed by atoms with Crippen LogP contribution in [-0.2, 0) is 9.59 Å². The number of carbonyl (C=O) groups excluding carboxylic acids is 2. The van der Waals surface area contributed by atoms with Crippen LogP contribution in [0, 0.1) is 0 Å². The first-order valence-electron chi connectivity index (χ1n) is 5.36. The van der Waals surface area contributed by atoms with Gasteiger partial charge in [-0.25, -0.2) is 10.4 Å². The molecule has 0 saturated heterocycles. The summed E-state index contributed by atoms with van der Waals surface area (Å²) in [7, 11) is 1.51. The Kier molecular flexibility index (Phi) is 3.52. The number of methoxy groups -OCH3 is 1. The van der Waals surface area contributed by atoms with Gasteiger partial charge in [-0.3, -0.25) is 9.59 Å². The van der Waals surface area contributed by atoms with Crippen molar-refractivity contribution >= 4 is 23.2 Å². The maximum atomic E-state index is 11.8. The Bertz CT molecular complexity index is 496. The first-order valence-corrected chi connectivity index (χ1v) is 5.36. The van der Waals surface area contributed by atoms with Crippen LogP contribution in [0.5, 0.6) is 5.88 Å². The van der Waals surface area contributed by atoms with Gasteiger partial charge >= 0.3 is 0 Å². The zero-order valence-electron chi connectivity index (χ0n) is 9.77. The minimum absolute atomic E-state index is 0.183. The Hall–Kier alpha value is -2.44. The Morgan fingerprint density at radius 3 is 2.83 bits per heavy atom. The van der Waals surface area contributed by atoms with E-state index in [0.29, 0.717) is 23.7 Å². The number of hydrazone groups is 1. The molecule has 2 N–H and O–H groups in total. The lowest BCUT2D eigenvalue weighted by Gasteiger charge is -2.11. The summed E-state index contributed by atoms with van der Waals surface area (Å²) < 4.78 is 4.91. The fourth-order valence-electron chi connectivity index (χ4n) is 1.42.